The van der Waals surface area contributed by atoms with E-state index in [1.54, 1.807) is 0 Å². The van der Waals surface area contributed by atoms with E-state index in [2.05, 4.69) is 44.3 Å². The summed E-state index contributed by atoms with van der Waals surface area (Å²) in [7, 11) is 0. The predicted molar refractivity (Wildman–Crippen MR) is 77.6 cm³/mol. The van der Waals surface area contributed by atoms with Crippen LogP contribution in [0, 0.1) is 0 Å². The molecule has 1 atom stereocenters. The molecule has 0 bridgehead atoms. The number of ether oxygens (including phenoxy) is 1. The molecule has 0 spiro atoms. The third kappa shape index (κ3) is 3.28. The number of para-hydroxylation sites is 1. The predicted octanol–water partition coefficient (Wildman–Crippen LogP) is 2.82. The van der Waals surface area contributed by atoms with Crippen LogP contribution in [-0.2, 0) is 6.42 Å². The first-order valence-corrected chi connectivity index (χ1v) is 7.22. The van der Waals surface area contributed by atoms with Crippen molar-refractivity contribution in [1.82, 2.24) is 5.32 Å². The second-order valence-corrected chi connectivity index (χ2v) is 5.89. The first-order valence-electron chi connectivity index (χ1n) is 7.22. The lowest BCUT2D eigenvalue weighted by atomic mass is 9.97. The SMILES string of the molecule is CCCNC(CCO)c1cccc2c1OC(C)(C)C2. The minimum Gasteiger partial charge on any atom is -0.487 e. The number of nitrogens with one attached hydrogen (secondary N) is 1. The smallest absolute Gasteiger partial charge is 0.128 e. The molecule has 1 aromatic rings. The van der Waals surface area contributed by atoms with Crippen LogP contribution in [0.5, 0.6) is 5.75 Å². The average Bonchev–Trinajstić information content (AvgIpc) is 2.68. The van der Waals surface area contributed by atoms with Gasteiger partial charge in [0.1, 0.15) is 11.4 Å². The summed E-state index contributed by atoms with van der Waals surface area (Å²) in [5.41, 5.74) is 2.35. The average molecular weight is 263 g/mol. The van der Waals surface area contributed by atoms with Gasteiger partial charge in [-0.1, -0.05) is 25.1 Å². The van der Waals surface area contributed by atoms with Gasteiger partial charge >= 0.3 is 0 Å². The number of aliphatic hydroxyl groups is 1. The molecule has 0 saturated carbocycles. The molecule has 0 aromatic heterocycles. The maximum atomic E-state index is 9.27. The topological polar surface area (TPSA) is 41.5 Å². The highest BCUT2D eigenvalue weighted by atomic mass is 16.5. The van der Waals surface area contributed by atoms with E-state index in [4.69, 9.17) is 4.74 Å². The van der Waals surface area contributed by atoms with E-state index in [1.165, 1.54) is 11.1 Å². The molecule has 3 nitrogen and oxygen atoms in total. The fourth-order valence-electron chi connectivity index (χ4n) is 2.73. The molecule has 0 aliphatic carbocycles. The van der Waals surface area contributed by atoms with Crippen molar-refractivity contribution in [2.45, 2.75) is 51.7 Å². The number of benzene rings is 1. The molecule has 0 radical (unpaired) electrons. The molecule has 2 N–H and O–H groups in total. The molecule has 1 aliphatic heterocycles. The maximum absolute atomic E-state index is 9.27. The summed E-state index contributed by atoms with van der Waals surface area (Å²) in [6.07, 6.45) is 2.76. The van der Waals surface area contributed by atoms with Crippen LogP contribution < -0.4 is 10.1 Å². The Balaban J connectivity index is 2.26. The number of fused-ring (bicyclic) bond motifs is 1. The second-order valence-electron chi connectivity index (χ2n) is 5.89. The van der Waals surface area contributed by atoms with E-state index in [9.17, 15) is 5.11 Å². The number of hydrogen-bond donors (Lipinski definition) is 2. The van der Waals surface area contributed by atoms with Crippen LogP contribution in [0.25, 0.3) is 0 Å². The zero-order chi connectivity index (χ0) is 13.9. The van der Waals surface area contributed by atoms with Crippen molar-refractivity contribution in [3.05, 3.63) is 29.3 Å². The van der Waals surface area contributed by atoms with E-state index in [-0.39, 0.29) is 18.2 Å². The third-order valence-corrected chi connectivity index (χ3v) is 3.56. The number of hydrogen-bond acceptors (Lipinski definition) is 3. The van der Waals surface area contributed by atoms with Crippen molar-refractivity contribution in [2.24, 2.45) is 0 Å². The summed E-state index contributed by atoms with van der Waals surface area (Å²) in [5, 5.41) is 12.8. The highest BCUT2D eigenvalue weighted by Gasteiger charge is 2.32. The molecule has 3 heteroatoms. The summed E-state index contributed by atoms with van der Waals surface area (Å²) in [6.45, 7) is 7.54. The van der Waals surface area contributed by atoms with Gasteiger partial charge in [0.2, 0.25) is 0 Å². The summed E-state index contributed by atoms with van der Waals surface area (Å²) in [6, 6.07) is 6.53. The lowest BCUT2D eigenvalue weighted by molar-refractivity contribution is 0.136. The molecule has 19 heavy (non-hydrogen) atoms. The number of aliphatic hydroxyl groups excluding tert-OH is 1. The van der Waals surface area contributed by atoms with Gasteiger partial charge in [-0.2, -0.15) is 0 Å². The first kappa shape index (κ1) is 14.4. The van der Waals surface area contributed by atoms with Crippen LogP contribution in [0.1, 0.15) is 50.8 Å². The monoisotopic (exact) mass is 263 g/mol. The van der Waals surface area contributed by atoms with Crippen LogP contribution >= 0.6 is 0 Å². The Morgan fingerprint density at radius 1 is 1.42 bits per heavy atom. The highest BCUT2D eigenvalue weighted by molar-refractivity contribution is 5.47. The van der Waals surface area contributed by atoms with Crippen LogP contribution in [-0.4, -0.2) is 23.9 Å². The van der Waals surface area contributed by atoms with Crippen molar-refractivity contribution in [2.75, 3.05) is 13.2 Å². The van der Waals surface area contributed by atoms with Gasteiger partial charge in [0.15, 0.2) is 0 Å². The van der Waals surface area contributed by atoms with Crippen molar-refractivity contribution in [1.29, 1.82) is 0 Å². The van der Waals surface area contributed by atoms with E-state index < -0.39 is 0 Å². The lowest BCUT2D eigenvalue weighted by Crippen LogP contribution is -2.26. The fraction of sp³-hybridized carbons (Fsp3) is 0.625. The van der Waals surface area contributed by atoms with Crippen molar-refractivity contribution >= 4 is 0 Å². The van der Waals surface area contributed by atoms with E-state index >= 15 is 0 Å². The van der Waals surface area contributed by atoms with Gasteiger partial charge < -0.3 is 15.2 Å². The Bertz CT molecular complexity index is 429. The van der Waals surface area contributed by atoms with Crippen molar-refractivity contribution in [3.8, 4) is 5.75 Å². The molecule has 106 valence electrons. The Hall–Kier alpha value is -1.06. The van der Waals surface area contributed by atoms with Gasteiger partial charge in [0.05, 0.1) is 0 Å². The molecule has 1 heterocycles. The van der Waals surface area contributed by atoms with Crippen molar-refractivity contribution in [3.63, 3.8) is 0 Å². The zero-order valence-electron chi connectivity index (χ0n) is 12.2. The van der Waals surface area contributed by atoms with Gasteiger partial charge in [-0.25, -0.2) is 0 Å². The second kappa shape index (κ2) is 5.93. The maximum Gasteiger partial charge on any atom is 0.128 e. The fourth-order valence-corrected chi connectivity index (χ4v) is 2.73. The Morgan fingerprint density at radius 2 is 2.21 bits per heavy atom. The molecular weight excluding hydrogens is 238 g/mol. The normalized spacial score (nSPS) is 17.9. The summed E-state index contributed by atoms with van der Waals surface area (Å²) >= 11 is 0. The summed E-state index contributed by atoms with van der Waals surface area (Å²) < 4.78 is 6.11. The van der Waals surface area contributed by atoms with E-state index in [0.29, 0.717) is 0 Å². The minimum atomic E-state index is -0.118. The number of rotatable bonds is 6. The van der Waals surface area contributed by atoms with Gasteiger partial charge in [-0.15, -0.1) is 0 Å². The van der Waals surface area contributed by atoms with Crippen LogP contribution in [0.3, 0.4) is 0 Å². The Labute approximate surface area is 116 Å². The molecule has 0 amide bonds. The Morgan fingerprint density at radius 3 is 2.89 bits per heavy atom. The molecule has 2 rings (SSSR count). The Kier molecular flexibility index (Phi) is 4.48. The molecule has 1 aliphatic rings. The lowest BCUT2D eigenvalue weighted by Gasteiger charge is -2.23. The molecule has 1 unspecified atom stereocenters. The first-order chi connectivity index (χ1) is 9.07. The standard InChI is InChI=1S/C16H25NO2/c1-4-9-17-14(8-10-18)13-7-5-6-12-11-16(2,3)19-15(12)13/h5-7,14,17-18H,4,8-11H2,1-3H3. The van der Waals surface area contributed by atoms with Crippen molar-refractivity contribution < 1.29 is 9.84 Å². The van der Waals surface area contributed by atoms with Crippen LogP contribution in [0.15, 0.2) is 18.2 Å². The van der Waals surface area contributed by atoms with Gasteiger partial charge in [-0.05, 0) is 38.8 Å². The zero-order valence-corrected chi connectivity index (χ0v) is 12.2. The minimum absolute atomic E-state index is 0.118. The van der Waals surface area contributed by atoms with Gasteiger partial charge in [-0.3, -0.25) is 0 Å². The highest BCUT2D eigenvalue weighted by Crippen LogP contribution is 2.40. The summed E-state index contributed by atoms with van der Waals surface area (Å²) in [4.78, 5) is 0. The van der Waals surface area contributed by atoms with Gasteiger partial charge in [0.25, 0.3) is 0 Å². The molecular formula is C16H25NO2. The van der Waals surface area contributed by atoms with Gasteiger partial charge in [0, 0.05) is 24.6 Å². The van der Waals surface area contributed by atoms with Crippen LogP contribution in [0.4, 0.5) is 0 Å². The molecule has 0 saturated heterocycles. The summed E-state index contributed by atoms with van der Waals surface area (Å²) in [5.74, 6) is 1.02. The van der Waals surface area contributed by atoms with Crippen LogP contribution in [0.2, 0.25) is 0 Å². The quantitative estimate of drug-likeness (QED) is 0.829. The van der Waals surface area contributed by atoms with E-state index in [0.717, 1.165) is 31.6 Å². The third-order valence-electron chi connectivity index (χ3n) is 3.56. The molecule has 1 aromatic carbocycles. The van der Waals surface area contributed by atoms with E-state index in [1.807, 2.05) is 0 Å². The molecule has 0 fully saturated rings. The largest absolute Gasteiger partial charge is 0.487 e.